The van der Waals surface area contributed by atoms with Gasteiger partial charge < -0.3 is 14.2 Å². The van der Waals surface area contributed by atoms with Crippen LogP contribution in [0, 0.1) is 4.91 Å². The molecule has 2 aromatic rings. The first-order valence-electron chi connectivity index (χ1n) is 9.66. The van der Waals surface area contributed by atoms with Crippen molar-refractivity contribution in [3.8, 4) is 5.75 Å². The highest BCUT2D eigenvalue weighted by molar-refractivity contribution is 6.08. The van der Waals surface area contributed by atoms with Crippen molar-refractivity contribution >= 4 is 11.8 Å². The average molecular weight is 411 g/mol. The summed E-state index contributed by atoms with van der Waals surface area (Å²) in [5, 5.41) is 3.02. The summed E-state index contributed by atoms with van der Waals surface area (Å²) in [6.07, 6.45) is 2.46. The van der Waals surface area contributed by atoms with Gasteiger partial charge in [0.25, 0.3) is 0 Å². The van der Waals surface area contributed by atoms with Crippen LogP contribution in [0.2, 0.25) is 0 Å². The van der Waals surface area contributed by atoms with Crippen LogP contribution < -0.4 is 4.74 Å². The number of nitrogens with zero attached hydrogens (tertiary/aromatic N) is 1. The minimum atomic E-state index is -0.644. The summed E-state index contributed by atoms with van der Waals surface area (Å²) >= 11 is 0. The molecule has 0 aromatic heterocycles. The summed E-state index contributed by atoms with van der Waals surface area (Å²) in [7, 11) is 0. The van der Waals surface area contributed by atoms with Crippen LogP contribution in [0.3, 0.4) is 0 Å². The SMILES string of the molecule is C=CC(=O)OCCCCOCC(COc1ccc(C(=O)c2ccccc2)cc1)N=O. The van der Waals surface area contributed by atoms with Crippen molar-refractivity contribution in [3.05, 3.63) is 83.3 Å². The third kappa shape index (κ3) is 7.97. The van der Waals surface area contributed by atoms with Crippen molar-refractivity contribution in [1.29, 1.82) is 0 Å². The van der Waals surface area contributed by atoms with E-state index in [0.717, 1.165) is 6.08 Å². The summed E-state index contributed by atoms with van der Waals surface area (Å²) in [5.41, 5.74) is 1.17. The molecule has 7 nitrogen and oxygen atoms in total. The smallest absolute Gasteiger partial charge is 0.330 e. The quantitative estimate of drug-likeness (QED) is 0.154. The van der Waals surface area contributed by atoms with Crippen molar-refractivity contribution in [2.24, 2.45) is 5.18 Å². The first kappa shape index (κ1) is 23.0. The van der Waals surface area contributed by atoms with E-state index < -0.39 is 12.0 Å². The molecular formula is C23H25NO6. The number of esters is 1. The number of ether oxygens (including phenoxy) is 3. The highest BCUT2D eigenvalue weighted by Gasteiger charge is 2.12. The predicted octanol–water partition coefficient (Wildman–Crippen LogP) is 3.96. The van der Waals surface area contributed by atoms with Crippen LogP contribution in [0.25, 0.3) is 0 Å². The van der Waals surface area contributed by atoms with E-state index in [-0.39, 0.29) is 19.0 Å². The number of carbonyl (C=O) groups excluding carboxylic acids is 2. The number of benzene rings is 2. The molecule has 2 aromatic carbocycles. The lowest BCUT2D eigenvalue weighted by atomic mass is 10.0. The molecule has 1 unspecified atom stereocenters. The van der Waals surface area contributed by atoms with Crippen molar-refractivity contribution in [2.45, 2.75) is 18.9 Å². The topological polar surface area (TPSA) is 91.3 Å². The zero-order chi connectivity index (χ0) is 21.6. The maximum Gasteiger partial charge on any atom is 0.330 e. The fourth-order valence-corrected chi connectivity index (χ4v) is 2.52. The van der Waals surface area contributed by atoms with Gasteiger partial charge in [-0.3, -0.25) is 4.79 Å². The Bertz CT molecular complexity index is 819. The molecule has 0 aliphatic carbocycles. The number of unbranched alkanes of at least 4 members (excludes halogenated alkanes) is 1. The summed E-state index contributed by atoms with van der Waals surface area (Å²) in [5.74, 6) is 0.0234. The normalized spacial score (nSPS) is 11.3. The second-order valence-corrected chi connectivity index (χ2v) is 6.44. The summed E-state index contributed by atoms with van der Waals surface area (Å²) in [4.78, 5) is 34.3. The lowest BCUT2D eigenvalue weighted by molar-refractivity contribution is -0.137. The molecule has 158 valence electrons. The molecule has 0 saturated heterocycles. The molecule has 7 heteroatoms. The van der Waals surface area contributed by atoms with Crippen LogP contribution in [-0.4, -0.2) is 44.2 Å². The first-order chi connectivity index (χ1) is 14.6. The zero-order valence-electron chi connectivity index (χ0n) is 16.7. The molecule has 0 aliphatic rings. The number of nitroso groups, excluding NO2 is 1. The van der Waals surface area contributed by atoms with E-state index in [0.29, 0.717) is 42.9 Å². The molecule has 0 bridgehead atoms. The minimum absolute atomic E-state index is 0.0674. The lowest BCUT2D eigenvalue weighted by Crippen LogP contribution is -2.22. The molecule has 2 rings (SSSR count). The largest absolute Gasteiger partial charge is 0.491 e. The third-order valence-electron chi connectivity index (χ3n) is 4.15. The monoisotopic (exact) mass is 411 g/mol. The van der Waals surface area contributed by atoms with Gasteiger partial charge in [0, 0.05) is 23.8 Å². The van der Waals surface area contributed by atoms with Crippen LogP contribution in [-0.2, 0) is 14.3 Å². The maximum atomic E-state index is 12.4. The van der Waals surface area contributed by atoms with E-state index in [2.05, 4.69) is 11.8 Å². The Morgan fingerprint density at radius 2 is 1.60 bits per heavy atom. The molecule has 0 fully saturated rings. The van der Waals surface area contributed by atoms with E-state index in [4.69, 9.17) is 14.2 Å². The first-order valence-corrected chi connectivity index (χ1v) is 9.66. The highest BCUT2D eigenvalue weighted by Crippen LogP contribution is 2.16. The van der Waals surface area contributed by atoms with Gasteiger partial charge in [0.15, 0.2) is 5.78 Å². The Morgan fingerprint density at radius 3 is 2.27 bits per heavy atom. The Labute approximate surface area is 175 Å². The molecule has 0 saturated carbocycles. The molecular weight excluding hydrogens is 386 g/mol. The van der Waals surface area contributed by atoms with E-state index in [1.807, 2.05) is 18.2 Å². The fourth-order valence-electron chi connectivity index (χ4n) is 2.52. The zero-order valence-corrected chi connectivity index (χ0v) is 16.7. The van der Waals surface area contributed by atoms with Gasteiger partial charge in [-0.1, -0.05) is 42.1 Å². The minimum Gasteiger partial charge on any atom is -0.491 e. The van der Waals surface area contributed by atoms with E-state index in [1.54, 1.807) is 36.4 Å². The van der Waals surface area contributed by atoms with Gasteiger partial charge in [-0.05, 0) is 37.1 Å². The molecule has 30 heavy (non-hydrogen) atoms. The average Bonchev–Trinajstić information content (AvgIpc) is 2.80. The van der Waals surface area contributed by atoms with Crippen LogP contribution in [0.15, 0.2) is 72.4 Å². The molecule has 0 amide bonds. The standard InChI is InChI=1S/C23H25NO6/c1-2-22(25)29-15-7-6-14-28-16-20(24-27)17-30-21-12-10-19(11-13-21)23(26)18-8-4-3-5-9-18/h2-5,8-13,20H,1,6-7,14-17H2. The number of hydrogen-bond acceptors (Lipinski definition) is 7. The van der Waals surface area contributed by atoms with E-state index in [9.17, 15) is 14.5 Å². The van der Waals surface area contributed by atoms with Gasteiger partial charge in [0.1, 0.15) is 18.4 Å². The van der Waals surface area contributed by atoms with Gasteiger partial charge in [-0.15, -0.1) is 0 Å². The fraction of sp³-hybridized carbons (Fsp3) is 0.304. The van der Waals surface area contributed by atoms with E-state index >= 15 is 0 Å². The lowest BCUT2D eigenvalue weighted by Gasteiger charge is -2.12. The van der Waals surface area contributed by atoms with Crippen molar-refractivity contribution in [2.75, 3.05) is 26.4 Å². The van der Waals surface area contributed by atoms with Crippen molar-refractivity contribution in [1.82, 2.24) is 0 Å². The maximum absolute atomic E-state index is 12.4. The molecule has 0 aliphatic heterocycles. The number of carbonyl (C=O) groups is 2. The van der Waals surface area contributed by atoms with Gasteiger partial charge in [-0.25, -0.2) is 4.79 Å². The molecule has 0 heterocycles. The van der Waals surface area contributed by atoms with Crippen molar-refractivity contribution in [3.63, 3.8) is 0 Å². The predicted molar refractivity (Wildman–Crippen MR) is 113 cm³/mol. The summed E-state index contributed by atoms with van der Waals surface area (Å²) in [6.45, 7) is 4.26. The van der Waals surface area contributed by atoms with Gasteiger partial charge in [-0.2, -0.15) is 4.91 Å². The third-order valence-corrected chi connectivity index (χ3v) is 4.15. The van der Waals surface area contributed by atoms with Crippen LogP contribution in [0.5, 0.6) is 5.75 Å². The Morgan fingerprint density at radius 1 is 0.933 bits per heavy atom. The number of rotatable bonds is 14. The second-order valence-electron chi connectivity index (χ2n) is 6.44. The highest BCUT2D eigenvalue weighted by atomic mass is 16.5. The molecule has 0 N–H and O–H groups in total. The van der Waals surface area contributed by atoms with Crippen LogP contribution in [0.1, 0.15) is 28.8 Å². The second kappa shape index (κ2) is 13.0. The summed E-state index contributed by atoms with van der Waals surface area (Å²) < 4.78 is 15.9. The Balaban J connectivity index is 1.68. The molecule has 1 atom stereocenters. The van der Waals surface area contributed by atoms with Crippen LogP contribution in [0.4, 0.5) is 0 Å². The number of ketones is 1. The van der Waals surface area contributed by atoms with Gasteiger partial charge in [0.05, 0.1) is 13.2 Å². The van der Waals surface area contributed by atoms with Crippen molar-refractivity contribution < 1.29 is 23.8 Å². The molecule has 0 spiro atoms. The van der Waals surface area contributed by atoms with E-state index in [1.165, 1.54) is 0 Å². The van der Waals surface area contributed by atoms with Gasteiger partial charge >= 0.3 is 5.97 Å². The molecule has 0 radical (unpaired) electrons. The van der Waals surface area contributed by atoms with Gasteiger partial charge in [0.2, 0.25) is 0 Å². The summed E-state index contributed by atoms with van der Waals surface area (Å²) in [6, 6.07) is 15.1. The Hall–Kier alpha value is -3.32. The van der Waals surface area contributed by atoms with Crippen LogP contribution >= 0.6 is 0 Å². The Kier molecular flexibility index (Phi) is 9.96. The number of hydrogen-bond donors (Lipinski definition) is 0.